The maximum atomic E-state index is 11.9. The number of hydrogen-bond acceptors (Lipinski definition) is 2. The van der Waals surface area contributed by atoms with Crippen LogP contribution in [-0.4, -0.2) is 5.91 Å². The van der Waals surface area contributed by atoms with Gasteiger partial charge in [-0.15, -0.1) is 11.3 Å². The summed E-state index contributed by atoms with van der Waals surface area (Å²) in [6.07, 6.45) is 0.747. The number of carbonyl (C=O) groups excluding carboxylic acids is 1. The van der Waals surface area contributed by atoms with E-state index in [-0.39, 0.29) is 11.8 Å². The summed E-state index contributed by atoms with van der Waals surface area (Å²) >= 11 is 7.66. The molecule has 0 spiro atoms. The molecule has 0 unspecified atom stereocenters. The first kappa shape index (κ1) is 10.8. The van der Waals surface area contributed by atoms with E-state index in [0.29, 0.717) is 5.02 Å². The van der Waals surface area contributed by atoms with E-state index in [1.54, 1.807) is 17.4 Å². The van der Waals surface area contributed by atoms with Gasteiger partial charge < -0.3 is 5.32 Å². The van der Waals surface area contributed by atoms with Crippen LogP contribution in [0.15, 0.2) is 35.7 Å². The van der Waals surface area contributed by atoms with Gasteiger partial charge >= 0.3 is 0 Å². The van der Waals surface area contributed by atoms with Gasteiger partial charge in [0.15, 0.2) is 0 Å². The summed E-state index contributed by atoms with van der Waals surface area (Å²) in [4.78, 5) is 13.1. The Hall–Kier alpha value is -1.32. The molecule has 1 N–H and O–H groups in total. The summed E-state index contributed by atoms with van der Waals surface area (Å²) in [6.45, 7) is 0. The molecular formula is C13H10ClNOS. The maximum Gasteiger partial charge on any atom is 0.232 e. The number of fused-ring (bicyclic) bond motifs is 1. The predicted octanol–water partition coefficient (Wildman–Crippen LogP) is 3.68. The van der Waals surface area contributed by atoms with E-state index in [1.165, 1.54) is 4.88 Å². The number of thiophene rings is 1. The van der Waals surface area contributed by atoms with E-state index in [0.717, 1.165) is 17.7 Å². The first-order valence-corrected chi connectivity index (χ1v) is 6.62. The molecule has 0 radical (unpaired) electrons. The molecule has 0 saturated heterocycles. The second-order valence-electron chi connectivity index (χ2n) is 4.06. The monoisotopic (exact) mass is 263 g/mol. The smallest absolute Gasteiger partial charge is 0.232 e. The molecule has 1 amide bonds. The molecular weight excluding hydrogens is 254 g/mol. The van der Waals surface area contributed by atoms with Crippen LogP contribution in [0.1, 0.15) is 16.4 Å². The van der Waals surface area contributed by atoms with E-state index in [4.69, 9.17) is 11.6 Å². The first-order valence-electron chi connectivity index (χ1n) is 5.37. The number of benzene rings is 1. The van der Waals surface area contributed by atoms with Gasteiger partial charge in [-0.3, -0.25) is 4.79 Å². The standard InChI is InChI=1S/C13H10ClNOS/c14-8-3-4-12-10(6-8)11(13(16)15-12)7-9-2-1-5-17-9/h1-6,11H,7H2,(H,15,16)/t11-/m0/s1. The van der Waals surface area contributed by atoms with E-state index in [2.05, 4.69) is 11.4 Å². The van der Waals surface area contributed by atoms with E-state index in [1.807, 2.05) is 23.6 Å². The quantitative estimate of drug-likeness (QED) is 0.880. The lowest BCUT2D eigenvalue weighted by atomic mass is 9.96. The number of rotatable bonds is 2. The van der Waals surface area contributed by atoms with Crippen LogP contribution in [0.5, 0.6) is 0 Å². The van der Waals surface area contributed by atoms with Crippen LogP contribution in [0.25, 0.3) is 0 Å². The molecule has 1 aliphatic rings. The van der Waals surface area contributed by atoms with Gasteiger partial charge in [-0.1, -0.05) is 17.7 Å². The number of carbonyl (C=O) groups is 1. The van der Waals surface area contributed by atoms with Crippen molar-refractivity contribution in [1.82, 2.24) is 0 Å². The van der Waals surface area contributed by atoms with Gasteiger partial charge in [0.2, 0.25) is 5.91 Å². The van der Waals surface area contributed by atoms with Gasteiger partial charge in [0, 0.05) is 15.6 Å². The summed E-state index contributed by atoms with van der Waals surface area (Å²) in [5, 5.41) is 5.60. The fourth-order valence-electron chi connectivity index (χ4n) is 2.13. The van der Waals surface area contributed by atoms with Crippen molar-refractivity contribution in [2.75, 3.05) is 5.32 Å². The SMILES string of the molecule is O=C1Nc2ccc(Cl)cc2[C@@H]1Cc1cccs1. The van der Waals surface area contributed by atoms with Crippen LogP contribution >= 0.6 is 22.9 Å². The highest BCUT2D eigenvalue weighted by Gasteiger charge is 2.30. The van der Waals surface area contributed by atoms with Crippen molar-refractivity contribution in [2.24, 2.45) is 0 Å². The lowest BCUT2D eigenvalue weighted by Crippen LogP contribution is -2.13. The average molecular weight is 264 g/mol. The fourth-order valence-corrected chi connectivity index (χ4v) is 3.06. The van der Waals surface area contributed by atoms with Crippen molar-refractivity contribution in [1.29, 1.82) is 0 Å². The first-order chi connectivity index (χ1) is 8.24. The third-order valence-corrected chi connectivity index (χ3v) is 4.08. The second-order valence-corrected chi connectivity index (χ2v) is 5.53. The van der Waals surface area contributed by atoms with E-state index in [9.17, 15) is 4.79 Å². The van der Waals surface area contributed by atoms with Crippen molar-refractivity contribution in [3.8, 4) is 0 Å². The summed E-state index contributed by atoms with van der Waals surface area (Å²) in [5.74, 6) is -0.0435. The highest BCUT2D eigenvalue weighted by molar-refractivity contribution is 7.09. The molecule has 0 bridgehead atoms. The zero-order valence-electron chi connectivity index (χ0n) is 8.94. The normalized spacial score (nSPS) is 17.9. The van der Waals surface area contributed by atoms with Gasteiger partial charge in [0.1, 0.15) is 0 Å². The molecule has 1 aromatic carbocycles. The number of nitrogens with one attached hydrogen (secondary N) is 1. The van der Waals surface area contributed by atoms with Gasteiger partial charge in [-0.25, -0.2) is 0 Å². The zero-order valence-corrected chi connectivity index (χ0v) is 10.5. The Labute approximate surface area is 108 Å². The zero-order chi connectivity index (χ0) is 11.8. The maximum absolute atomic E-state index is 11.9. The van der Waals surface area contributed by atoms with Crippen LogP contribution in [-0.2, 0) is 11.2 Å². The fraction of sp³-hybridized carbons (Fsp3) is 0.154. The highest BCUT2D eigenvalue weighted by atomic mass is 35.5. The lowest BCUT2D eigenvalue weighted by molar-refractivity contribution is -0.117. The molecule has 2 heterocycles. The summed E-state index contributed by atoms with van der Waals surface area (Å²) in [5.41, 5.74) is 1.90. The van der Waals surface area contributed by atoms with Crippen LogP contribution in [0.3, 0.4) is 0 Å². The van der Waals surface area contributed by atoms with Gasteiger partial charge in [-0.2, -0.15) is 0 Å². The third-order valence-electron chi connectivity index (χ3n) is 2.95. The molecule has 1 aliphatic heterocycles. The largest absolute Gasteiger partial charge is 0.325 e. The minimum absolute atomic E-state index is 0.0654. The number of halogens is 1. The number of hydrogen-bond donors (Lipinski definition) is 1. The second kappa shape index (κ2) is 4.17. The molecule has 0 fully saturated rings. The molecule has 17 heavy (non-hydrogen) atoms. The minimum atomic E-state index is -0.109. The molecule has 86 valence electrons. The Morgan fingerprint density at radius 1 is 1.35 bits per heavy atom. The third kappa shape index (κ3) is 1.96. The summed E-state index contributed by atoms with van der Waals surface area (Å²) in [7, 11) is 0. The van der Waals surface area contributed by atoms with Crippen molar-refractivity contribution in [3.63, 3.8) is 0 Å². The molecule has 0 aliphatic carbocycles. The Bertz CT molecular complexity index is 565. The van der Waals surface area contributed by atoms with Gasteiger partial charge in [-0.05, 0) is 41.6 Å². The number of amides is 1. The van der Waals surface area contributed by atoms with Crippen molar-refractivity contribution in [3.05, 3.63) is 51.2 Å². The van der Waals surface area contributed by atoms with Crippen LogP contribution < -0.4 is 5.32 Å². The molecule has 4 heteroatoms. The topological polar surface area (TPSA) is 29.1 Å². The summed E-state index contributed by atoms with van der Waals surface area (Å²) in [6, 6.07) is 9.61. The van der Waals surface area contributed by atoms with E-state index >= 15 is 0 Å². The summed E-state index contributed by atoms with van der Waals surface area (Å²) < 4.78 is 0. The van der Waals surface area contributed by atoms with Crippen LogP contribution in [0.2, 0.25) is 5.02 Å². The average Bonchev–Trinajstić information content (AvgIpc) is 2.90. The Balaban J connectivity index is 1.96. The Morgan fingerprint density at radius 3 is 3.00 bits per heavy atom. The molecule has 1 aromatic heterocycles. The van der Waals surface area contributed by atoms with Gasteiger partial charge in [0.05, 0.1) is 5.92 Å². The predicted molar refractivity (Wildman–Crippen MR) is 70.8 cm³/mol. The molecule has 2 aromatic rings. The molecule has 3 rings (SSSR count). The van der Waals surface area contributed by atoms with Crippen molar-refractivity contribution >= 4 is 34.5 Å². The Kier molecular flexibility index (Phi) is 2.65. The van der Waals surface area contributed by atoms with E-state index < -0.39 is 0 Å². The van der Waals surface area contributed by atoms with Crippen molar-refractivity contribution < 1.29 is 4.79 Å². The lowest BCUT2D eigenvalue weighted by Gasteiger charge is -2.07. The molecule has 1 atom stereocenters. The minimum Gasteiger partial charge on any atom is -0.325 e. The van der Waals surface area contributed by atoms with Crippen LogP contribution in [0, 0.1) is 0 Å². The van der Waals surface area contributed by atoms with Gasteiger partial charge in [0.25, 0.3) is 0 Å². The van der Waals surface area contributed by atoms with Crippen molar-refractivity contribution in [2.45, 2.75) is 12.3 Å². The highest BCUT2D eigenvalue weighted by Crippen LogP contribution is 2.36. The number of anilines is 1. The molecule has 2 nitrogen and oxygen atoms in total. The molecule has 0 saturated carbocycles. The van der Waals surface area contributed by atoms with Crippen LogP contribution in [0.4, 0.5) is 5.69 Å². The Morgan fingerprint density at radius 2 is 2.24 bits per heavy atom.